The molecule has 0 aliphatic heterocycles. The van der Waals surface area contributed by atoms with Crippen molar-refractivity contribution in [1.29, 1.82) is 0 Å². The molecule has 3 aromatic rings. The molecule has 0 amide bonds. The lowest BCUT2D eigenvalue weighted by Gasteiger charge is -2.27. The minimum atomic E-state index is -3.44. The molecule has 1 fully saturated rings. The Bertz CT molecular complexity index is 1330. The van der Waals surface area contributed by atoms with Crippen molar-refractivity contribution in [3.63, 3.8) is 0 Å². The fourth-order valence-corrected chi connectivity index (χ4v) is 5.15. The van der Waals surface area contributed by atoms with Crippen LogP contribution in [-0.2, 0) is 21.1 Å². The van der Waals surface area contributed by atoms with Gasteiger partial charge in [0.1, 0.15) is 5.82 Å². The van der Waals surface area contributed by atoms with Crippen LogP contribution in [0.3, 0.4) is 0 Å². The first-order valence-corrected chi connectivity index (χ1v) is 13.0. The second kappa shape index (κ2) is 9.51. The van der Waals surface area contributed by atoms with Gasteiger partial charge in [0.05, 0.1) is 40.8 Å². The van der Waals surface area contributed by atoms with Gasteiger partial charge in [0, 0.05) is 11.9 Å². The quantitative estimate of drug-likeness (QED) is 0.522. The fraction of sp³-hybridized carbons (Fsp3) is 0.417. The molecular weight excluding hydrogens is 445 g/mol. The highest BCUT2D eigenvalue weighted by Crippen LogP contribution is 2.31. The molecule has 1 aliphatic carbocycles. The van der Waals surface area contributed by atoms with Crippen molar-refractivity contribution in [3.8, 4) is 0 Å². The molecule has 33 heavy (non-hydrogen) atoms. The van der Waals surface area contributed by atoms with Crippen molar-refractivity contribution < 1.29 is 17.6 Å². The monoisotopic (exact) mass is 471 g/mol. The van der Waals surface area contributed by atoms with Crippen LogP contribution in [0.2, 0.25) is 0 Å². The number of benzene rings is 1. The Morgan fingerprint density at radius 2 is 1.91 bits per heavy atom. The van der Waals surface area contributed by atoms with E-state index in [-0.39, 0.29) is 33.6 Å². The predicted molar refractivity (Wildman–Crippen MR) is 122 cm³/mol. The average Bonchev–Trinajstić information content (AvgIpc) is 2.79. The number of sulfone groups is 1. The van der Waals surface area contributed by atoms with E-state index >= 15 is 0 Å². The van der Waals surface area contributed by atoms with Crippen molar-refractivity contribution in [2.45, 2.75) is 55.9 Å². The Kier molecular flexibility index (Phi) is 6.69. The lowest BCUT2D eigenvalue weighted by Crippen LogP contribution is -2.33. The first-order chi connectivity index (χ1) is 15.7. The maximum absolute atomic E-state index is 13.3. The number of hydrogen-bond donors (Lipinski definition) is 0. The number of ketones is 1. The van der Waals surface area contributed by atoms with Gasteiger partial charge in [0.25, 0.3) is 5.56 Å². The molecule has 1 unspecified atom stereocenters. The lowest BCUT2D eigenvalue weighted by atomic mass is 9.83. The molecule has 0 spiro atoms. The van der Waals surface area contributed by atoms with Crippen LogP contribution in [-0.4, -0.2) is 35.0 Å². The van der Waals surface area contributed by atoms with Gasteiger partial charge in [-0.3, -0.25) is 19.1 Å². The normalized spacial score (nSPS) is 16.1. The van der Waals surface area contributed by atoms with Crippen LogP contribution in [0.4, 0.5) is 4.39 Å². The first kappa shape index (κ1) is 23.2. The molecule has 0 saturated heterocycles. The summed E-state index contributed by atoms with van der Waals surface area (Å²) in [6, 6.07) is 6.20. The average molecular weight is 472 g/mol. The molecule has 1 aromatic carbocycles. The summed E-state index contributed by atoms with van der Waals surface area (Å²) in [5.41, 5.74) is 0.319. The van der Waals surface area contributed by atoms with Gasteiger partial charge in [-0.1, -0.05) is 32.1 Å². The lowest BCUT2D eigenvalue weighted by molar-refractivity contribution is -0.122. The van der Waals surface area contributed by atoms with Crippen LogP contribution in [0, 0.1) is 11.7 Å². The number of fused-ring (bicyclic) bond motifs is 1. The molecule has 2 heterocycles. The molecule has 1 atom stereocenters. The Morgan fingerprint density at radius 3 is 2.58 bits per heavy atom. The highest BCUT2D eigenvalue weighted by Gasteiger charge is 2.27. The first-order valence-electron chi connectivity index (χ1n) is 11.1. The third-order valence-corrected chi connectivity index (χ3v) is 7.43. The molecule has 7 nitrogen and oxygen atoms in total. The maximum Gasteiger partial charge on any atom is 0.261 e. The molecule has 1 aliphatic rings. The minimum absolute atomic E-state index is 0.0187. The molecule has 0 N–H and O–H groups in total. The largest absolute Gasteiger partial charge is 0.297 e. The van der Waals surface area contributed by atoms with E-state index in [0.29, 0.717) is 18.0 Å². The van der Waals surface area contributed by atoms with Gasteiger partial charge in [-0.2, -0.15) is 0 Å². The van der Waals surface area contributed by atoms with Gasteiger partial charge in [0.15, 0.2) is 15.6 Å². The van der Waals surface area contributed by atoms with Crippen molar-refractivity contribution in [3.05, 3.63) is 64.7 Å². The number of carbonyl (C=O) groups excluding carboxylic acids is 1. The highest BCUT2D eigenvalue weighted by molar-refractivity contribution is 7.90. The smallest absolute Gasteiger partial charge is 0.261 e. The summed E-state index contributed by atoms with van der Waals surface area (Å²) in [7, 11) is -3.44. The number of carbonyl (C=O) groups is 1. The Balaban J connectivity index is 1.71. The van der Waals surface area contributed by atoms with Crippen molar-refractivity contribution in [1.82, 2.24) is 14.5 Å². The summed E-state index contributed by atoms with van der Waals surface area (Å²) in [5, 5.41) is 0.256. The summed E-state index contributed by atoms with van der Waals surface area (Å²) in [6.07, 6.45) is 9.39. The highest BCUT2D eigenvalue weighted by atomic mass is 32.2. The molecule has 1 saturated carbocycles. The molecule has 174 valence electrons. The minimum Gasteiger partial charge on any atom is -0.297 e. The molecule has 0 bridgehead atoms. The number of hydrogen-bond acceptors (Lipinski definition) is 6. The third-order valence-electron chi connectivity index (χ3n) is 6.32. The molecule has 4 rings (SSSR count). The third kappa shape index (κ3) is 5.35. The fourth-order valence-electron chi connectivity index (χ4n) is 4.51. The molecule has 0 radical (unpaired) electrons. The number of aromatic nitrogens is 3. The number of Topliss-reactive ketones (excluding diaryl/α,β-unsaturated/α-hetero) is 1. The summed E-state index contributed by atoms with van der Waals surface area (Å²) < 4.78 is 38.3. The van der Waals surface area contributed by atoms with E-state index in [1.54, 1.807) is 0 Å². The second-order valence-corrected chi connectivity index (χ2v) is 10.8. The summed E-state index contributed by atoms with van der Waals surface area (Å²) in [6.45, 7) is 0. The SMILES string of the molecule is CS(=O)(=O)c1ccc2c(=O)n(C(CC3CCCCC3)C(=O)Cc3ccc(F)cn3)cnc2c1. The van der Waals surface area contributed by atoms with E-state index in [1.807, 2.05) is 0 Å². The van der Waals surface area contributed by atoms with E-state index in [4.69, 9.17) is 0 Å². The Labute approximate surface area is 191 Å². The van der Waals surface area contributed by atoms with Gasteiger partial charge < -0.3 is 0 Å². The van der Waals surface area contributed by atoms with Crippen LogP contribution in [0.25, 0.3) is 10.9 Å². The van der Waals surface area contributed by atoms with E-state index < -0.39 is 21.7 Å². The zero-order valence-electron chi connectivity index (χ0n) is 18.4. The van der Waals surface area contributed by atoms with Crippen molar-refractivity contribution in [2.75, 3.05) is 6.26 Å². The van der Waals surface area contributed by atoms with Gasteiger partial charge in [-0.05, 0) is 42.7 Å². The number of halogens is 1. The van der Waals surface area contributed by atoms with E-state index in [1.165, 1.54) is 47.6 Å². The van der Waals surface area contributed by atoms with Gasteiger partial charge >= 0.3 is 0 Å². The zero-order valence-corrected chi connectivity index (χ0v) is 19.2. The van der Waals surface area contributed by atoms with Gasteiger partial charge in [-0.25, -0.2) is 17.8 Å². The molecular formula is C24H26FN3O4S. The topological polar surface area (TPSA) is 99.0 Å². The van der Waals surface area contributed by atoms with Crippen LogP contribution in [0.5, 0.6) is 0 Å². The summed E-state index contributed by atoms with van der Waals surface area (Å²) in [4.78, 5) is 35.1. The Morgan fingerprint density at radius 1 is 1.15 bits per heavy atom. The van der Waals surface area contributed by atoms with Gasteiger partial charge in [-0.15, -0.1) is 0 Å². The Hall–Kier alpha value is -2.94. The summed E-state index contributed by atoms with van der Waals surface area (Å²) >= 11 is 0. The molecule has 9 heteroatoms. The number of nitrogens with zero attached hydrogens (tertiary/aromatic N) is 3. The number of rotatable bonds is 7. The predicted octanol–water partition coefficient (Wildman–Crippen LogP) is 3.66. The van der Waals surface area contributed by atoms with Crippen molar-refractivity contribution >= 4 is 26.5 Å². The van der Waals surface area contributed by atoms with Crippen LogP contribution in [0.1, 0.15) is 50.3 Å². The van der Waals surface area contributed by atoms with Crippen molar-refractivity contribution in [2.24, 2.45) is 5.92 Å². The summed E-state index contributed by atoms with van der Waals surface area (Å²) in [5.74, 6) is -0.340. The zero-order chi connectivity index (χ0) is 23.6. The van der Waals surface area contributed by atoms with E-state index in [9.17, 15) is 22.4 Å². The standard InChI is InChI=1S/C24H26FN3O4S/c1-33(31,32)19-9-10-20-21(13-19)27-15-28(24(20)30)22(11-16-5-3-2-4-6-16)23(29)12-18-8-7-17(25)14-26-18/h7-10,13-16,22H,2-6,11-12H2,1H3. The van der Waals surface area contributed by atoms with E-state index in [2.05, 4.69) is 9.97 Å². The second-order valence-electron chi connectivity index (χ2n) is 8.77. The molecule has 2 aromatic heterocycles. The maximum atomic E-state index is 13.3. The van der Waals surface area contributed by atoms with Crippen LogP contribution >= 0.6 is 0 Å². The number of pyridine rings is 1. The van der Waals surface area contributed by atoms with Crippen LogP contribution in [0.15, 0.2) is 52.5 Å². The van der Waals surface area contributed by atoms with Crippen LogP contribution < -0.4 is 5.56 Å². The van der Waals surface area contributed by atoms with E-state index in [0.717, 1.165) is 38.1 Å². The van der Waals surface area contributed by atoms with Gasteiger partial charge in [0.2, 0.25) is 0 Å².